The summed E-state index contributed by atoms with van der Waals surface area (Å²) in [6, 6.07) is 7.62. The monoisotopic (exact) mass is 479 g/mol. The van der Waals surface area contributed by atoms with Gasteiger partial charge < -0.3 is 9.47 Å². The number of esters is 1. The van der Waals surface area contributed by atoms with E-state index in [4.69, 9.17) is 21.1 Å². The van der Waals surface area contributed by atoms with Crippen LogP contribution >= 0.6 is 11.6 Å². The van der Waals surface area contributed by atoms with Crippen LogP contribution in [0.15, 0.2) is 41.4 Å². The Balaban J connectivity index is 1.76. The van der Waals surface area contributed by atoms with E-state index in [9.17, 15) is 31.1 Å². The average Bonchev–Trinajstić information content (AvgIpc) is 3.25. The molecule has 4 nitrogen and oxygen atoms in total. The van der Waals surface area contributed by atoms with E-state index in [1.165, 1.54) is 26.0 Å². The Hall–Kier alpha value is -2.75. The maximum absolute atomic E-state index is 14.7. The average molecular weight is 480 g/mol. The van der Waals surface area contributed by atoms with Crippen LogP contribution < -0.4 is 4.74 Å². The Kier molecular flexibility index (Phi) is 6.46. The van der Waals surface area contributed by atoms with Crippen LogP contribution in [0.25, 0.3) is 0 Å². The van der Waals surface area contributed by atoms with Gasteiger partial charge in [0.05, 0.1) is 11.5 Å². The van der Waals surface area contributed by atoms with Gasteiger partial charge in [-0.1, -0.05) is 49.7 Å². The fourth-order valence-corrected chi connectivity index (χ4v) is 3.39. The van der Waals surface area contributed by atoms with Gasteiger partial charge in [-0.3, -0.25) is 4.79 Å². The molecule has 1 aromatic heterocycles. The van der Waals surface area contributed by atoms with E-state index in [-0.39, 0.29) is 5.75 Å². The molecule has 172 valence electrons. The van der Waals surface area contributed by atoms with Gasteiger partial charge in [0, 0.05) is 0 Å². The summed E-state index contributed by atoms with van der Waals surface area (Å²) in [5.41, 5.74) is -1.87. The van der Waals surface area contributed by atoms with Gasteiger partial charge in [0.25, 0.3) is 11.8 Å². The van der Waals surface area contributed by atoms with Crippen LogP contribution in [0.2, 0.25) is 0 Å². The van der Waals surface area contributed by atoms with E-state index in [1.807, 2.05) is 0 Å². The molecule has 0 spiro atoms. The van der Waals surface area contributed by atoms with Crippen molar-refractivity contribution in [3.8, 4) is 11.6 Å². The number of hydrogen-bond donors (Lipinski definition) is 0. The minimum Gasteiger partial charge on any atom is -0.460 e. The van der Waals surface area contributed by atoms with Crippen LogP contribution in [-0.2, 0) is 16.1 Å². The standard InChI is InChI=1S/C21H16ClF6NO3/c1-20(2)12(8-13(22)21(26,27)28)14(20)19(30)31-9-11-15(23)17(25)29-18(16(11)24)32-10-6-4-3-5-7-10/h3-8,12,14H,9H2,1-2H3/t12-,14-/m0/s1. The number of nitrogens with zero attached hydrogens (tertiary/aromatic N) is 1. The number of rotatable bonds is 6. The van der Waals surface area contributed by atoms with Gasteiger partial charge in [-0.2, -0.15) is 22.5 Å². The molecular weight excluding hydrogens is 464 g/mol. The third-order valence-electron chi connectivity index (χ3n) is 5.18. The molecule has 0 N–H and O–H groups in total. The van der Waals surface area contributed by atoms with Gasteiger partial charge in [0.2, 0.25) is 0 Å². The van der Waals surface area contributed by atoms with E-state index in [2.05, 4.69) is 4.98 Å². The van der Waals surface area contributed by atoms with E-state index in [0.717, 1.165) is 0 Å². The summed E-state index contributed by atoms with van der Waals surface area (Å²) >= 11 is 5.23. The summed E-state index contributed by atoms with van der Waals surface area (Å²) in [6.07, 6.45) is -4.07. The number of halogens is 7. The summed E-state index contributed by atoms with van der Waals surface area (Å²) in [4.78, 5) is 15.4. The number of hydrogen-bond acceptors (Lipinski definition) is 4. The van der Waals surface area contributed by atoms with Crippen molar-refractivity contribution in [1.82, 2.24) is 4.98 Å². The Morgan fingerprint density at radius 1 is 1.16 bits per heavy atom. The van der Waals surface area contributed by atoms with Crippen molar-refractivity contribution in [2.45, 2.75) is 26.6 Å². The lowest BCUT2D eigenvalue weighted by Crippen LogP contribution is -2.14. The molecule has 1 aliphatic rings. The van der Waals surface area contributed by atoms with Crippen molar-refractivity contribution in [3.63, 3.8) is 0 Å². The number of ether oxygens (including phenoxy) is 2. The largest absolute Gasteiger partial charge is 0.460 e. The highest BCUT2D eigenvalue weighted by Gasteiger charge is 2.62. The minimum atomic E-state index is -4.77. The van der Waals surface area contributed by atoms with Gasteiger partial charge in [-0.15, -0.1) is 0 Å². The Labute approximate surface area is 183 Å². The van der Waals surface area contributed by atoms with Crippen molar-refractivity contribution in [2.75, 3.05) is 0 Å². The molecule has 3 rings (SSSR count). The molecule has 0 amide bonds. The van der Waals surface area contributed by atoms with Gasteiger partial charge in [-0.05, 0) is 23.5 Å². The highest BCUT2D eigenvalue weighted by Crippen LogP contribution is 2.60. The van der Waals surface area contributed by atoms with Crippen LogP contribution in [0.5, 0.6) is 11.6 Å². The zero-order valence-corrected chi connectivity index (χ0v) is 17.4. The Morgan fingerprint density at radius 2 is 1.78 bits per heavy atom. The first-order valence-corrected chi connectivity index (χ1v) is 9.59. The van der Waals surface area contributed by atoms with Gasteiger partial charge >= 0.3 is 12.1 Å². The number of alkyl halides is 3. The molecule has 1 aliphatic carbocycles. The van der Waals surface area contributed by atoms with E-state index in [0.29, 0.717) is 6.08 Å². The fourth-order valence-electron chi connectivity index (χ4n) is 3.26. The van der Waals surface area contributed by atoms with Crippen LogP contribution in [0.3, 0.4) is 0 Å². The first-order chi connectivity index (χ1) is 14.8. The lowest BCUT2D eigenvalue weighted by Gasteiger charge is -2.11. The van der Waals surface area contributed by atoms with Crippen LogP contribution in [-0.4, -0.2) is 17.1 Å². The number of carbonyl (C=O) groups excluding carboxylic acids is 1. The first kappa shape index (κ1) is 23.9. The van der Waals surface area contributed by atoms with Crippen LogP contribution in [0, 0.1) is 34.8 Å². The van der Waals surface area contributed by atoms with Crippen molar-refractivity contribution in [3.05, 3.63) is 64.6 Å². The van der Waals surface area contributed by atoms with Crippen LogP contribution in [0.4, 0.5) is 26.3 Å². The second-order valence-electron chi connectivity index (χ2n) is 7.67. The summed E-state index contributed by atoms with van der Waals surface area (Å²) in [5.74, 6) is -8.44. The number of pyridine rings is 1. The molecule has 1 aromatic carbocycles. The quantitative estimate of drug-likeness (QED) is 0.277. The summed E-state index contributed by atoms with van der Waals surface area (Å²) in [7, 11) is 0. The highest BCUT2D eigenvalue weighted by atomic mass is 35.5. The molecule has 11 heteroatoms. The predicted molar refractivity (Wildman–Crippen MR) is 101 cm³/mol. The number of benzene rings is 1. The summed E-state index contributed by atoms with van der Waals surface area (Å²) in [5, 5.41) is -1.39. The van der Waals surface area contributed by atoms with Crippen molar-refractivity contribution in [1.29, 1.82) is 0 Å². The molecular formula is C21H16ClF6NO3. The topological polar surface area (TPSA) is 48.4 Å². The lowest BCUT2D eigenvalue weighted by molar-refractivity contribution is -0.147. The van der Waals surface area contributed by atoms with Crippen molar-refractivity contribution in [2.24, 2.45) is 17.3 Å². The number of carbonyl (C=O) groups is 1. The Morgan fingerprint density at radius 3 is 2.38 bits per heavy atom. The summed E-state index contributed by atoms with van der Waals surface area (Å²) < 4.78 is 90.6. The van der Waals surface area contributed by atoms with Gasteiger partial charge in [-0.25, -0.2) is 8.78 Å². The molecule has 0 radical (unpaired) electrons. The number of aromatic nitrogens is 1. The van der Waals surface area contributed by atoms with Gasteiger partial charge in [0.15, 0.2) is 11.6 Å². The third kappa shape index (κ3) is 4.85. The molecule has 32 heavy (non-hydrogen) atoms. The smallest absolute Gasteiger partial charge is 0.426 e. The lowest BCUT2D eigenvalue weighted by atomic mass is 10.1. The van der Waals surface area contributed by atoms with Crippen molar-refractivity contribution < 1.29 is 40.6 Å². The fraction of sp³-hybridized carbons (Fsp3) is 0.333. The highest BCUT2D eigenvalue weighted by molar-refractivity contribution is 6.30. The maximum atomic E-state index is 14.7. The number of allylic oxidation sites excluding steroid dienone is 2. The van der Waals surface area contributed by atoms with Crippen LogP contribution in [0.1, 0.15) is 19.4 Å². The predicted octanol–water partition coefficient (Wildman–Crippen LogP) is 6.29. The number of para-hydroxylation sites is 1. The Bertz CT molecular complexity index is 1060. The molecule has 0 aliphatic heterocycles. The molecule has 1 saturated carbocycles. The second-order valence-corrected chi connectivity index (χ2v) is 8.08. The molecule has 0 unspecified atom stereocenters. The molecule has 2 atom stereocenters. The van der Waals surface area contributed by atoms with E-state index >= 15 is 0 Å². The molecule has 0 saturated heterocycles. The first-order valence-electron chi connectivity index (χ1n) is 9.21. The van der Waals surface area contributed by atoms with Crippen molar-refractivity contribution >= 4 is 17.6 Å². The maximum Gasteiger partial charge on any atom is 0.426 e. The SMILES string of the molecule is CC1(C)[C@H](C(=O)OCc2c(F)c(F)nc(Oc3ccccc3)c2F)[C@@H]1C=C(Cl)C(F)(F)F. The molecule has 1 fully saturated rings. The zero-order valence-electron chi connectivity index (χ0n) is 16.6. The molecule has 1 heterocycles. The zero-order chi connectivity index (χ0) is 23.8. The van der Waals surface area contributed by atoms with Gasteiger partial charge in [0.1, 0.15) is 17.4 Å². The summed E-state index contributed by atoms with van der Waals surface area (Å²) in [6.45, 7) is 2.01. The third-order valence-corrected chi connectivity index (χ3v) is 5.52. The minimum absolute atomic E-state index is 0.101. The molecule has 0 bridgehead atoms. The van der Waals surface area contributed by atoms with E-state index in [1.54, 1.807) is 18.2 Å². The second kappa shape index (κ2) is 8.65. The molecule has 2 aromatic rings. The van der Waals surface area contributed by atoms with E-state index < -0.39 is 70.1 Å². The normalized spacial score (nSPS) is 20.1.